The summed E-state index contributed by atoms with van der Waals surface area (Å²) in [5, 5.41) is 2.83. The van der Waals surface area contributed by atoms with Gasteiger partial charge in [-0.2, -0.15) is 0 Å². The maximum atomic E-state index is 13.4. The van der Waals surface area contributed by atoms with Gasteiger partial charge >= 0.3 is 0 Å². The second kappa shape index (κ2) is 5.18. The van der Waals surface area contributed by atoms with E-state index in [0.717, 1.165) is 6.07 Å². The SMILES string of the molecule is Fc1cc(F)c(NCc2cnccn2)c(Br)c1. The van der Waals surface area contributed by atoms with Gasteiger partial charge in [-0.25, -0.2) is 8.78 Å². The fourth-order valence-corrected chi connectivity index (χ4v) is 1.86. The normalized spacial score (nSPS) is 10.3. The van der Waals surface area contributed by atoms with E-state index in [-0.39, 0.29) is 5.69 Å². The first kappa shape index (κ1) is 11.9. The molecule has 0 amide bonds. The van der Waals surface area contributed by atoms with Crippen LogP contribution in [0, 0.1) is 11.6 Å². The Morgan fingerprint density at radius 1 is 1.24 bits per heavy atom. The van der Waals surface area contributed by atoms with Crippen molar-refractivity contribution >= 4 is 21.6 Å². The molecule has 0 unspecified atom stereocenters. The van der Waals surface area contributed by atoms with Gasteiger partial charge in [-0.05, 0) is 22.0 Å². The largest absolute Gasteiger partial charge is 0.376 e. The van der Waals surface area contributed by atoms with Crippen molar-refractivity contribution in [3.63, 3.8) is 0 Å². The minimum atomic E-state index is -0.652. The molecule has 6 heteroatoms. The number of nitrogens with one attached hydrogen (secondary N) is 1. The number of halogens is 3. The molecule has 0 aliphatic rings. The summed E-state index contributed by atoms with van der Waals surface area (Å²) in [5.41, 5.74) is 0.875. The van der Waals surface area contributed by atoms with Crippen molar-refractivity contribution in [1.82, 2.24) is 9.97 Å². The first-order valence-corrected chi connectivity index (χ1v) is 5.59. The van der Waals surface area contributed by atoms with Crippen molar-refractivity contribution in [2.45, 2.75) is 6.54 Å². The number of hydrogen-bond acceptors (Lipinski definition) is 3. The van der Waals surface area contributed by atoms with Crippen LogP contribution in [0.1, 0.15) is 5.69 Å². The Bertz CT molecular complexity index is 496. The standard InChI is InChI=1S/C11H8BrF2N3/c12-9-3-7(13)4-10(14)11(9)17-6-8-5-15-1-2-16-8/h1-5,17H,6H2. The maximum absolute atomic E-state index is 13.4. The Kier molecular flexibility index (Phi) is 3.63. The molecule has 0 saturated heterocycles. The lowest BCUT2D eigenvalue weighted by Crippen LogP contribution is -2.04. The second-order valence-corrected chi connectivity index (χ2v) is 4.15. The molecular weight excluding hydrogens is 292 g/mol. The highest BCUT2D eigenvalue weighted by atomic mass is 79.9. The zero-order valence-electron chi connectivity index (χ0n) is 8.62. The molecule has 2 aromatic rings. The molecule has 1 heterocycles. The van der Waals surface area contributed by atoms with Crippen molar-refractivity contribution in [2.24, 2.45) is 0 Å². The van der Waals surface area contributed by atoms with E-state index in [0.29, 0.717) is 16.7 Å². The van der Waals surface area contributed by atoms with E-state index in [1.807, 2.05) is 0 Å². The molecule has 2 rings (SSSR count). The van der Waals surface area contributed by atoms with Gasteiger partial charge in [0, 0.05) is 22.9 Å². The molecule has 1 aromatic heterocycles. The van der Waals surface area contributed by atoms with Crippen LogP contribution in [0.25, 0.3) is 0 Å². The summed E-state index contributed by atoms with van der Waals surface area (Å²) in [7, 11) is 0. The van der Waals surface area contributed by atoms with Crippen LogP contribution in [-0.4, -0.2) is 9.97 Å². The molecule has 0 aliphatic heterocycles. The zero-order valence-corrected chi connectivity index (χ0v) is 10.2. The molecule has 0 radical (unpaired) electrons. The third kappa shape index (κ3) is 2.97. The summed E-state index contributed by atoms with van der Waals surface area (Å²) >= 11 is 3.09. The maximum Gasteiger partial charge on any atom is 0.150 e. The van der Waals surface area contributed by atoms with Gasteiger partial charge in [0.25, 0.3) is 0 Å². The van der Waals surface area contributed by atoms with Crippen molar-refractivity contribution in [2.75, 3.05) is 5.32 Å². The lowest BCUT2D eigenvalue weighted by molar-refractivity contribution is 0.583. The van der Waals surface area contributed by atoms with Crippen molar-refractivity contribution in [3.05, 3.63) is 52.5 Å². The van der Waals surface area contributed by atoms with Gasteiger partial charge in [0.05, 0.1) is 24.1 Å². The van der Waals surface area contributed by atoms with Gasteiger partial charge < -0.3 is 5.32 Å². The van der Waals surface area contributed by atoms with Crippen molar-refractivity contribution < 1.29 is 8.78 Å². The van der Waals surface area contributed by atoms with Gasteiger partial charge in [0.1, 0.15) is 11.6 Å². The number of nitrogens with zero attached hydrogens (tertiary/aromatic N) is 2. The fourth-order valence-electron chi connectivity index (χ4n) is 1.31. The van der Waals surface area contributed by atoms with E-state index in [4.69, 9.17) is 0 Å². The lowest BCUT2D eigenvalue weighted by Gasteiger charge is -2.09. The highest BCUT2D eigenvalue weighted by molar-refractivity contribution is 9.10. The minimum absolute atomic E-state index is 0.206. The van der Waals surface area contributed by atoms with Crippen LogP contribution in [0.4, 0.5) is 14.5 Å². The quantitative estimate of drug-likeness (QED) is 0.946. The van der Waals surface area contributed by atoms with Crippen LogP contribution in [0.5, 0.6) is 0 Å². The summed E-state index contributed by atoms with van der Waals surface area (Å²) < 4.78 is 26.6. The number of benzene rings is 1. The molecule has 1 N–H and O–H groups in total. The van der Waals surface area contributed by atoms with Gasteiger partial charge in [0.2, 0.25) is 0 Å². The molecule has 88 valence electrons. The molecule has 0 spiro atoms. The van der Waals surface area contributed by atoms with E-state index < -0.39 is 11.6 Å². The number of aromatic nitrogens is 2. The Balaban J connectivity index is 2.15. The molecule has 3 nitrogen and oxygen atoms in total. The Hall–Kier alpha value is -1.56. The predicted molar refractivity (Wildman–Crippen MR) is 63.4 cm³/mol. The fraction of sp³-hybridized carbons (Fsp3) is 0.0909. The van der Waals surface area contributed by atoms with E-state index in [1.165, 1.54) is 6.07 Å². The van der Waals surface area contributed by atoms with E-state index in [9.17, 15) is 8.78 Å². The van der Waals surface area contributed by atoms with E-state index in [2.05, 4.69) is 31.2 Å². The van der Waals surface area contributed by atoms with Gasteiger partial charge in [0.15, 0.2) is 0 Å². The third-order valence-electron chi connectivity index (χ3n) is 2.07. The van der Waals surface area contributed by atoms with E-state index >= 15 is 0 Å². The average molecular weight is 300 g/mol. The van der Waals surface area contributed by atoms with Gasteiger partial charge in [-0.15, -0.1) is 0 Å². The summed E-state index contributed by atoms with van der Waals surface area (Å²) in [6.45, 7) is 0.314. The Labute approximate surface area is 105 Å². The van der Waals surface area contributed by atoms with Crippen LogP contribution >= 0.6 is 15.9 Å². The third-order valence-corrected chi connectivity index (χ3v) is 2.70. The Morgan fingerprint density at radius 3 is 2.71 bits per heavy atom. The van der Waals surface area contributed by atoms with Crippen LogP contribution in [0.2, 0.25) is 0 Å². The average Bonchev–Trinajstić information content (AvgIpc) is 2.29. The topological polar surface area (TPSA) is 37.8 Å². The van der Waals surface area contributed by atoms with Crippen molar-refractivity contribution in [1.29, 1.82) is 0 Å². The Morgan fingerprint density at radius 2 is 2.06 bits per heavy atom. The van der Waals surface area contributed by atoms with Crippen LogP contribution < -0.4 is 5.32 Å². The molecule has 0 aliphatic carbocycles. The first-order chi connectivity index (χ1) is 8.16. The highest BCUT2D eigenvalue weighted by Gasteiger charge is 2.09. The van der Waals surface area contributed by atoms with Gasteiger partial charge in [-0.3, -0.25) is 9.97 Å². The summed E-state index contributed by atoms with van der Waals surface area (Å²) in [6, 6.07) is 2.02. The zero-order chi connectivity index (χ0) is 12.3. The van der Waals surface area contributed by atoms with Crippen LogP contribution in [0.15, 0.2) is 35.2 Å². The predicted octanol–water partition coefficient (Wildman–Crippen LogP) is 3.13. The van der Waals surface area contributed by atoms with Gasteiger partial charge in [-0.1, -0.05) is 0 Å². The minimum Gasteiger partial charge on any atom is -0.376 e. The monoisotopic (exact) mass is 299 g/mol. The smallest absolute Gasteiger partial charge is 0.150 e. The first-order valence-electron chi connectivity index (χ1n) is 4.80. The molecule has 0 saturated carbocycles. The van der Waals surface area contributed by atoms with E-state index in [1.54, 1.807) is 18.6 Å². The van der Waals surface area contributed by atoms with Crippen LogP contribution in [0.3, 0.4) is 0 Å². The van der Waals surface area contributed by atoms with Crippen LogP contribution in [-0.2, 0) is 6.54 Å². The molecule has 0 atom stereocenters. The molecular formula is C11H8BrF2N3. The lowest BCUT2D eigenvalue weighted by atomic mass is 10.3. The molecule has 17 heavy (non-hydrogen) atoms. The molecule has 1 aromatic carbocycles. The van der Waals surface area contributed by atoms with Crippen molar-refractivity contribution in [3.8, 4) is 0 Å². The number of hydrogen-bond donors (Lipinski definition) is 1. The molecule has 0 bridgehead atoms. The summed E-state index contributed by atoms with van der Waals surface area (Å²) in [4.78, 5) is 7.92. The molecule has 0 fully saturated rings. The second-order valence-electron chi connectivity index (χ2n) is 3.29. The highest BCUT2D eigenvalue weighted by Crippen LogP contribution is 2.27. The number of rotatable bonds is 3. The summed E-state index contributed by atoms with van der Waals surface area (Å²) in [5.74, 6) is -1.28. The number of anilines is 1. The summed E-state index contributed by atoms with van der Waals surface area (Å²) in [6.07, 6.45) is 4.67.